The minimum atomic E-state index is -0.641. The standard InChI is InChI=1S/C16H14N2O6/c17-11-1-5-13(6-2-11)23-15(19)9-10-16(20)24-14-7-3-12(4-8-14)18(21)22/h1-8H,9-10,17H2. The van der Waals surface area contributed by atoms with Gasteiger partial charge < -0.3 is 15.2 Å². The summed E-state index contributed by atoms with van der Waals surface area (Å²) in [5.74, 6) is -0.728. The molecule has 2 N–H and O–H groups in total. The summed E-state index contributed by atoms with van der Waals surface area (Å²) >= 11 is 0. The number of rotatable bonds is 6. The molecule has 0 fully saturated rings. The number of esters is 2. The number of nitrogens with zero attached hydrogens (tertiary/aromatic N) is 1. The monoisotopic (exact) mass is 330 g/mol. The molecular formula is C16H14N2O6. The Hall–Kier alpha value is -3.42. The molecule has 0 aromatic heterocycles. The van der Waals surface area contributed by atoms with Crippen LogP contribution in [0.5, 0.6) is 11.5 Å². The highest BCUT2D eigenvalue weighted by Crippen LogP contribution is 2.18. The fourth-order valence-corrected chi connectivity index (χ4v) is 1.74. The summed E-state index contributed by atoms with van der Waals surface area (Å²) in [5, 5.41) is 10.5. The van der Waals surface area contributed by atoms with Crippen molar-refractivity contribution in [3.8, 4) is 11.5 Å². The SMILES string of the molecule is Nc1ccc(OC(=O)CCC(=O)Oc2ccc([N+](=O)[O-])cc2)cc1. The van der Waals surface area contributed by atoms with Crippen molar-refractivity contribution in [2.24, 2.45) is 0 Å². The molecule has 0 atom stereocenters. The van der Waals surface area contributed by atoms with Crippen molar-refractivity contribution < 1.29 is 24.0 Å². The maximum absolute atomic E-state index is 11.7. The molecule has 0 saturated carbocycles. The van der Waals surface area contributed by atoms with Gasteiger partial charge in [0.2, 0.25) is 0 Å². The number of nitrogens with two attached hydrogens (primary N) is 1. The minimum absolute atomic E-state index is 0.109. The Kier molecular flexibility index (Phi) is 5.45. The average molecular weight is 330 g/mol. The molecular weight excluding hydrogens is 316 g/mol. The zero-order valence-electron chi connectivity index (χ0n) is 12.5. The number of non-ortho nitro benzene ring substituents is 1. The summed E-state index contributed by atoms with van der Waals surface area (Å²) in [5.41, 5.74) is 5.95. The maximum atomic E-state index is 11.7. The Morgan fingerprint density at radius 2 is 1.29 bits per heavy atom. The molecule has 0 unspecified atom stereocenters. The van der Waals surface area contributed by atoms with E-state index in [4.69, 9.17) is 15.2 Å². The topological polar surface area (TPSA) is 122 Å². The number of nitro groups is 1. The van der Waals surface area contributed by atoms with E-state index in [9.17, 15) is 19.7 Å². The molecule has 124 valence electrons. The number of carbonyl (C=O) groups is 2. The number of ether oxygens (including phenoxy) is 2. The molecule has 0 saturated heterocycles. The average Bonchev–Trinajstić information content (AvgIpc) is 2.55. The molecule has 0 heterocycles. The fourth-order valence-electron chi connectivity index (χ4n) is 1.74. The molecule has 2 rings (SSSR count). The van der Waals surface area contributed by atoms with Gasteiger partial charge in [0.25, 0.3) is 5.69 Å². The molecule has 0 bridgehead atoms. The predicted octanol–water partition coefficient (Wildman–Crippen LogP) is 2.47. The molecule has 0 radical (unpaired) electrons. The van der Waals surface area contributed by atoms with E-state index in [1.54, 1.807) is 24.3 Å². The summed E-state index contributed by atoms with van der Waals surface area (Å²) in [6, 6.07) is 11.3. The van der Waals surface area contributed by atoms with Crippen molar-refractivity contribution in [1.82, 2.24) is 0 Å². The number of nitrogen functional groups attached to an aromatic ring is 1. The Morgan fingerprint density at radius 1 is 0.875 bits per heavy atom. The van der Waals surface area contributed by atoms with E-state index in [-0.39, 0.29) is 24.3 Å². The second kappa shape index (κ2) is 7.73. The smallest absolute Gasteiger partial charge is 0.311 e. The lowest BCUT2D eigenvalue weighted by atomic mass is 10.3. The van der Waals surface area contributed by atoms with Crippen molar-refractivity contribution in [3.63, 3.8) is 0 Å². The van der Waals surface area contributed by atoms with Crippen LogP contribution in [-0.4, -0.2) is 16.9 Å². The lowest BCUT2D eigenvalue weighted by Gasteiger charge is -2.05. The third-order valence-corrected chi connectivity index (χ3v) is 2.92. The van der Waals surface area contributed by atoms with Crippen LogP contribution in [0.3, 0.4) is 0 Å². The van der Waals surface area contributed by atoms with E-state index in [1.165, 1.54) is 24.3 Å². The normalized spacial score (nSPS) is 10.0. The second-order valence-electron chi connectivity index (χ2n) is 4.77. The third kappa shape index (κ3) is 5.09. The van der Waals surface area contributed by atoms with E-state index in [0.717, 1.165) is 0 Å². The van der Waals surface area contributed by atoms with Crippen LogP contribution < -0.4 is 15.2 Å². The quantitative estimate of drug-likeness (QED) is 0.284. The molecule has 0 aliphatic heterocycles. The molecule has 0 amide bonds. The van der Waals surface area contributed by atoms with Gasteiger partial charge in [-0.3, -0.25) is 19.7 Å². The highest BCUT2D eigenvalue weighted by molar-refractivity contribution is 5.80. The first-order chi connectivity index (χ1) is 11.4. The van der Waals surface area contributed by atoms with Crippen molar-refractivity contribution >= 4 is 23.3 Å². The second-order valence-corrected chi connectivity index (χ2v) is 4.77. The van der Waals surface area contributed by atoms with Gasteiger partial charge in [-0.2, -0.15) is 0 Å². The van der Waals surface area contributed by atoms with Gasteiger partial charge in [0.15, 0.2) is 0 Å². The molecule has 0 aliphatic carbocycles. The van der Waals surface area contributed by atoms with Crippen LogP contribution in [0.25, 0.3) is 0 Å². The van der Waals surface area contributed by atoms with Gasteiger partial charge >= 0.3 is 11.9 Å². The molecule has 0 spiro atoms. The summed E-state index contributed by atoms with van der Waals surface area (Å²) in [6.45, 7) is 0. The molecule has 0 aliphatic rings. The number of hydrogen-bond acceptors (Lipinski definition) is 7. The first-order valence-electron chi connectivity index (χ1n) is 6.95. The number of benzene rings is 2. The Bertz CT molecular complexity index is 740. The number of anilines is 1. The van der Waals surface area contributed by atoms with Gasteiger partial charge in [-0.15, -0.1) is 0 Å². The Balaban J connectivity index is 1.78. The van der Waals surface area contributed by atoms with Gasteiger partial charge in [0.05, 0.1) is 17.8 Å². The van der Waals surface area contributed by atoms with Crippen molar-refractivity contribution in [2.45, 2.75) is 12.8 Å². The van der Waals surface area contributed by atoms with E-state index < -0.39 is 16.9 Å². The van der Waals surface area contributed by atoms with Crippen molar-refractivity contribution in [3.05, 3.63) is 58.6 Å². The van der Waals surface area contributed by atoms with Gasteiger partial charge in [0.1, 0.15) is 11.5 Å². The molecule has 8 heteroatoms. The number of carbonyl (C=O) groups excluding carboxylic acids is 2. The molecule has 2 aromatic rings. The predicted molar refractivity (Wildman–Crippen MR) is 84.5 cm³/mol. The van der Waals surface area contributed by atoms with E-state index in [1.807, 2.05) is 0 Å². The van der Waals surface area contributed by atoms with Crippen LogP contribution in [0.2, 0.25) is 0 Å². The summed E-state index contributed by atoms with van der Waals surface area (Å²) in [6.07, 6.45) is -0.332. The van der Waals surface area contributed by atoms with Crippen molar-refractivity contribution in [1.29, 1.82) is 0 Å². The zero-order chi connectivity index (χ0) is 17.5. The summed E-state index contributed by atoms with van der Waals surface area (Å²) < 4.78 is 10.0. The highest BCUT2D eigenvalue weighted by Gasteiger charge is 2.12. The molecule has 2 aromatic carbocycles. The van der Waals surface area contributed by atoms with Crippen molar-refractivity contribution in [2.75, 3.05) is 5.73 Å². The van der Waals surface area contributed by atoms with E-state index in [2.05, 4.69) is 0 Å². The fraction of sp³-hybridized carbons (Fsp3) is 0.125. The zero-order valence-corrected chi connectivity index (χ0v) is 12.5. The lowest BCUT2D eigenvalue weighted by Crippen LogP contribution is -2.14. The van der Waals surface area contributed by atoms with E-state index >= 15 is 0 Å². The van der Waals surface area contributed by atoms with Crippen LogP contribution in [0, 0.1) is 10.1 Å². The van der Waals surface area contributed by atoms with Crippen LogP contribution in [0.4, 0.5) is 11.4 Å². The van der Waals surface area contributed by atoms with Crippen LogP contribution >= 0.6 is 0 Å². The Labute approximate surface area is 136 Å². The van der Waals surface area contributed by atoms with Gasteiger partial charge in [-0.25, -0.2) is 0 Å². The number of hydrogen-bond donors (Lipinski definition) is 1. The number of nitro benzene ring substituents is 1. The van der Waals surface area contributed by atoms with Gasteiger partial charge in [-0.05, 0) is 36.4 Å². The van der Waals surface area contributed by atoms with E-state index in [0.29, 0.717) is 11.4 Å². The van der Waals surface area contributed by atoms with Gasteiger partial charge in [-0.1, -0.05) is 0 Å². The maximum Gasteiger partial charge on any atom is 0.311 e. The highest BCUT2D eigenvalue weighted by atomic mass is 16.6. The first kappa shape index (κ1) is 16.9. The molecule has 8 nitrogen and oxygen atoms in total. The van der Waals surface area contributed by atoms with Crippen LogP contribution in [0.1, 0.15) is 12.8 Å². The first-order valence-corrected chi connectivity index (χ1v) is 6.95. The molecule has 24 heavy (non-hydrogen) atoms. The van der Waals surface area contributed by atoms with Crippen LogP contribution in [-0.2, 0) is 9.59 Å². The Morgan fingerprint density at radius 3 is 1.71 bits per heavy atom. The third-order valence-electron chi connectivity index (χ3n) is 2.92. The minimum Gasteiger partial charge on any atom is -0.427 e. The van der Waals surface area contributed by atoms with Gasteiger partial charge in [0, 0.05) is 17.8 Å². The largest absolute Gasteiger partial charge is 0.427 e. The summed E-state index contributed by atoms with van der Waals surface area (Å²) in [7, 11) is 0. The summed E-state index contributed by atoms with van der Waals surface area (Å²) in [4.78, 5) is 33.3. The van der Waals surface area contributed by atoms with Crippen LogP contribution in [0.15, 0.2) is 48.5 Å². The lowest BCUT2D eigenvalue weighted by molar-refractivity contribution is -0.384.